The predicted molar refractivity (Wildman–Crippen MR) is 229 cm³/mol. The number of carbonyl (C=O) groups excluding carboxylic acids is 4. The first-order chi connectivity index (χ1) is 30.5. The standard InChI is InChI=1S/C46H44F2N8O7/c47-34-10-6-9-32(25-34)33-26-39(49)42(51-27-33)44(59)50-15-21-62-22-20-56(46(61)63-29-30-7-2-1-3-8-30)28-41(57)54-16-18-55(19-17-54)45(60)37-23-31(13-14-38(37)48)24-40-35-11-4-5-12-36(35)43(58)53-52-40/h1-14,23,25-27H,15-22,24,28-29,49H2,(H,50,59)(H,53,58). The van der Waals surface area contributed by atoms with Crippen molar-refractivity contribution in [3.05, 3.63) is 159 Å². The van der Waals surface area contributed by atoms with Crippen LogP contribution in [0.1, 0.15) is 37.7 Å². The predicted octanol–water partition coefficient (Wildman–Crippen LogP) is 4.81. The zero-order chi connectivity index (χ0) is 44.3. The highest BCUT2D eigenvalue weighted by atomic mass is 19.1. The monoisotopic (exact) mass is 858 g/mol. The number of nitrogens with two attached hydrogens (primary N) is 1. The highest BCUT2D eigenvalue weighted by Gasteiger charge is 2.29. The van der Waals surface area contributed by atoms with Crippen LogP contribution in [-0.2, 0) is 27.3 Å². The number of nitrogens with one attached hydrogen (secondary N) is 2. The second-order valence-corrected chi connectivity index (χ2v) is 14.7. The van der Waals surface area contributed by atoms with Crippen LogP contribution in [0.25, 0.3) is 21.9 Å². The lowest BCUT2D eigenvalue weighted by atomic mass is 10.0. The number of amides is 4. The molecule has 63 heavy (non-hydrogen) atoms. The Hall–Kier alpha value is -7.53. The number of pyridine rings is 1. The molecule has 7 rings (SSSR count). The van der Waals surface area contributed by atoms with Crippen LogP contribution in [-0.4, -0.2) is 113 Å². The Morgan fingerprint density at radius 1 is 0.810 bits per heavy atom. The van der Waals surface area contributed by atoms with Crippen LogP contribution >= 0.6 is 0 Å². The summed E-state index contributed by atoms with van der Waals surface area (Å²) in [5, 5.41) is 10.5. The van der Waals surface area contributed by atoms with Gasteiger partial charge in [-0.1, -0.05) is 66.7 Å². The molecule has 6 aromatic rings. The number of anilines is 1. The van der Waals surface area contributed by atoms with Gasteiger partial charge in [0, 0.05) is 62.8 Å². The molecule has 3 heterocycles. The molecule has 1 aliphatic rings. The number of nitrogens with zero attached hydrogens (tertiary/aromatic N) is 5. The minimum absolute atomic E-state index is 0.00141. The van der Waals surface area contributed by atoms with Gasteiger partial charge < -0.3 is 30.3 Å². The Bertz CT molecular complexity index is 2670. The van der Waals surface area contributed by atoms with Gasteiger partial charge in [0.25, 0.3) is 17.4 Å². The number of rotatable bonds is 15. The summed E-state index contributed by atoms with van der Waals surface area (Å²) in [6.45, 7) is 0.353. The van der Waals surface area contributed by atoms with Gasteiger partial charge >= 0.3 is 6.09 Å². The van der Waals surface area contributed by atoms with E-state index in [1.165, 1.54) is 45.2 Å². The van der Waals surface area contributed by atoms with E-state index < -0.39 is 29.5 Å². The van der Waals surface area contributed by atoms with Crippen LogP contribution in [0.3, 0.4) is 0 Å². The van der Waals surface area contributed by atoms with Crippen molar-refractivity contribution in [2.24, 2.45) is 0 Å². The largest absolute Gasteiger partial charge is 0.445 e. The number of halogens is 2. The summed E-state index contributed by atoms with van der Waals surface area (Å²) >= 11 is 0. The number of piperazine rings is 1. The number of nitrogen functional groups attached to an aromatic ring is 1. The lowest BCUT2D eigenvalue weighted by Crippen LogP contribution is -2.53. The van der Waals surface area contributed by atoms with E-state index in [0.717, 1.165) is 5.56 Å². The molecular formula is C46H44F2N8O7. The van der Waals surface area contributed by atoms with Crippen LogP contribution in [0, 0.1) is 11.6 Å². The van der Waals surface area contributed by atoms with Crippen LogP contribution < -0.4 is 16.6 Å². The highest BCUT2D eigenvalue weighted by Crippen LogP contribution is 2.24. The molecule has 0 bridgehead atoms. The number of fused-ring (bicyclic) bond motifs is 1. The van der Waals surface area contributed by atoms with Crippen LogP contribution in [0.4, 0.5) is 19.3 Å². The minimum atomic E-state index is -0.735. The van der Waals surface area contributed by atoms with Crippen molar-refractivity contribution in [1.82, 2.24) is 35.2 Å². The molecular weight excluding hydrogens is 815 g/mol. The molecule has 0 aliphatic carbocycles. The molecule has 0 atom stereocenters. The van der Waals surface area contributed by atoms with Gasteiger partial charge in [-0.3, -0.25) is 24.1 Å². The van der Waals surface area contributed by atoms with Crippen LogP contribution in [0.5, 0.6) is 0 Å². The van der Waals surface area contributed by atoms with Gasteiger partial charge in [0.2, 0.25) is 5.91 Å². The molecule has 1 fully saturated rings. The summed E-state index contributed by atoms with van der Waals surface area (Å²) in [4.78, 5) is 73.9. The van der Waals surface area contributed by atoms with Crippen molar-refractivity contribution in [3.8, 4) is 11.1 Å². The lowest BCUT2D eigenvalue weighted by molar-refractivity contribution is -0.133. The van der Waals surface area contributed by atoms with Crippen molar-refractivity contribution >= 4 is 40.3 Å². The van der Waals surface area contributed by atoms with Crippen molar-refractivity contribution in [3.63, 3.8) is 0 Å². The maximum absolute atomic E-state index is 15.1. The quantitative estimate of drug-likeness (QED) is 0.121. The van der Waals surface area contributed by atoms with E-state index in [2.05, 4.69) is 20.5 Å². The third-order valence-corrected chi connectivity index (χ3v) is 10.4. The smallest absolute Gasteiger partial charge is 0.410 e. The summed E-state index contributed by atoms with van der Waals surface area (Å²) < 4.78 is 40.0. The van der Waals surface area contributed by atoms with Gasteiger partial charge in [0.05, 0.1) is 35.5 Å². The molecule has 1 saturated heterocycles. The molecule has 0 spiro atoms. The Morgan fingerprint density at radius 2 is 1.56 bits per heavy atom. The Morgan fingerprint density at radius 3 is 2.32 bits per heavy atom. The maximum atomic E-state index is 15.1. The lowest BCUT2D eigenvalue weighted by Gasteiger charge is -2.36. The first-order valence-electron chi connectivity index (χ1n) is 20.2. The van der Waals surface area contributed by atoms with Gasteiger partial charge in [-0.15, -0.1) is 0 Å². The van der Waals surface area contributed by atoms with Crippen molar-refractivity contribution < 1.29 is 37.4 Å². The normalized spacial score (nSPS) is 12.5. The number of aromatic amines is 1. The third-order valence-electron chi connectivity index (χ3n) is 10.4. The molecule has 4 amide bonds. The molecule has 15 nitrogen and oxygen atoms in total. The van der Waals surface area contributed by atoms with Crippen LogP contribution in [0.2, 0.25) is 0 Å². The number of hydrogen-bond donors (Lipinski definition) is 3. The first-order valence-corrected chi connectivity index (χ1v) is 20.2. The number of H-pyrrole nitrogens is 1. The average molecular weight is 859 g/mol. The summed E-state index contributed by atoms with van der Waals surface area (Å²) in [7, 11) is 0. The third kappa shape index (κ3) is 11.1. The first kappa shape index (κ1) is 43.6. The van der Waals surface area contributed by atoms with Crippen molar-refractivity contribution in [1.29, 1.82) is 0 Å². The van der Waals surface area contributed by atoms with E-state index in [1.54, 1.807) is 60.7 Å². The maximum Gasteiger partial charge on any atom is 0.410 e. The summed E-state index contributed by atoms with van der Waals surface area (Å²) in [6.07, 6.45) is 0.945. The van der Waals surface area contributed by atoms with Gasteiger partial charge in [0.1, 0.15) is 24.8 Å². The molecule has 0 radical (unpaired) electrons. The van der Waals surface area contributed by atoms with Crippen molar-refractivity contribution in [2.45, 2.75) is 13.0 Å². The number of carbonyl (C=O) groups is 4. The average Bonchev–Trinajstić information content (AvgIpc) is 3.30. The number of hydrogen-bond acceptors (Lipinski definition) is 10. The Kier molecular flexibility index (Phi) is 14.1. The molecule has 0 unspecified atom stereocenters. The summed E-state index contributed by atoms with van der Waals surface area (Å²) in [6, 6.07) is 27.8. The zero-order valence-electron chi connectivity index (χ0n) is 34.1. The second kappa shape index (κ2) is 20.4. The van der Waals surface area contributed by atoms with Gasteiger partial charge in [-0.2, -0.15) is 5.10 Å². The number of ether oxygens (including phenoxy) is 2. The Labute approximate surface area is 360 Å². The molecule has 4 N–H and O–H groups in total. The zero-order valence-corrected chi connectivity index (χ0v) is 34.1. The van der Waals surface area contributed by atoms with E-state index in [9.17, 15) is 28.4 Å². The van der Waals surface area contributed by atoms with Gasteiger partial charge in [0.15, 0.2) is 5.69 Å². The fourth-order valence-electron chi connectivity index (χ4n) is 7.08. The van der Waals surface area contributed by atoms with E-state index >= 15 is 4.39 Å². The van der Waals surface area contributed by atoms with E-state index in [-0.39, 0.29) is 100 Å². The second-order valence-electron chi connectivity index (χ2n) is 14.7. The van der Waals surface area contributed by atoms with E-state index in [0.29, 0.717) is 33.2 Å². The fourth-order valence-corrected chi connectivity index (χ4v) is 7.08. The van der Waals surface area contributed by atoms with Gasteiger partial charge in [-0.25, -0.2) is 23.7 Å². The topological polar surface area (TPSA) is 193 Å². The summed E-state index contributed by atoms with van der Waals surface area (Å²) in [5.41, 5.74) is 8.83. The molecule has 1 aliphatic heterocycles. The molecule has 2 aromatic heterocycles. The molecule has 17 heteroatoms. The van der Waals surface area contributed by atoms with E-state index in [1.807, 2.05) is 18.2 Å². The van der Waals surface area contributed by atoms with Crippen LogP contribution in [0.15, 0.2) is 114 Å². The fraction of sp³-hybridized carbons (Fsp3) is 0.239. The number of benzene rings is 4. The summed E-state index contributed by atoms with van der Waals surface area (Å²) in [5.74, 6) is -2.55. The minimum Gasteiger partial charge on any atom is -0.445 e. The molecule has 324 valence electrons. The van der Waals surface area contributed by atoms with E-state index in [4.69, 9.17) is 15.2 Å². The SMILES string of the molecule is Nc1cc(-c2cccc(F)c2)cnc1C(=O)NCCOCCN(CC(=O)N1CCN(C(=O)c2cc(Cc3n[nH]c(=O)c4ccccc34)ccc2F)CC1)C(=O)OCc1ccccc1. The Balaban J connectivity index is 0.907. The van der Waals surface area contributed by atoms with Crippen molar-refractivity contribution in [2.75, 3.05) is 64.8 Å². The molecule has 0 saturated carbocycles. The highest BCUT2D eigenvalue weighted by molar-refractivity contribution is 5.98. The van der Waals surface area contributed by atoms with Gasteiger partial charge in [-0.05, 0) is 53.1 Å². The molecule has 4 aromatic carbocycles. The number of aromatic nitrogens is 3.